The predicted octanol–water partition coefficient (Wildman–Crippen LogP) is 2.04. The second-order valence-corrected chi connectivity index (χ2v) is 4.40. The number of rotatable bonds is 5. The van der Waals surface area contributed by atoms with Crippen LogP contribution in [0.4, 0.5) is 0 Å². The van der Waals surface area contributed by atoms with E-state index in [0.717, 1.165) is 17.3 Å². The molecule has 0 saturated heterocycles. The first-order chi connectivity index (χ1) is 7.66. The Hall–Kier alpha value is -0.980. The smallest absolute Gasteiger partial charge is 0.258 e. The Morgan fingerprint density at radius 1 is 1.25 bits per heavy atom. The number of amides is 1. The van der Waals surface area contributed by atoms with Crippen LogP contribution in [-0.2, 0) is 0 Å². The molecule has 1 amide bonds. The summed E-state index contributed by atoms with van der Waals surface area (Å²) in [5.41, 5.74) is -0.0584. The fourth-order valence-corrected chi connectivity index (χ4v) is 1.81. The van der Waals surface area contributed by atoms with Crippen LogP contribution in [0.25, 0.3) is 0 Å². The minimum Gasteiger partial charge on any atom is -0.507 e. The third-order valence-electron chi connectivity index (χ3n) is 2.09. The number of phenolic OH excluding ortho intramolecular Hbond substituents is 2. The summed E-state index contributed by atoms with van der Waals surface area (Å²) >= 11 is 2.27. The highest BCUT2D eigenvalue weighted by atomic mass is 127. The van der Waals surface area contributed by atoms with Crippen molar-refractivity contribution in [1.82, 2.24) is 5.32 Å². The van der Waals surface area contributed by atoms with Crippen LogP contribution in [0, 0.1) is 0 Å². The van der Waals surface area contributed by atoms with E-state index in [1.165, 1.54) is 18.2 Å². The first-order valence-electron chi connectivity index (χ1n) is 5.02. The first-order valence-corrected chi connectivity index (χ1v) is 6.54. The second kappa shape index (κ2) is 6.57. The van der Waals surface area contributed by atoms with E-state index in [2.05, 4.69) is 27.9 Å². The summed E-state index contributed by atoms with van der Waals surface area (Å²) < 4.78 is 1.05. The summed E-state index contributed by atoms with van der Waals surface area (Å²) in [5.74, 6) is -0.846. The summed E-state index contributed by atoms with van der Waals surface area (Å²) in [6, 6.07) is 4.23. The molecule has 5 heteroatoms. The summed E-state index contributed by atoms with van der Waals surface area (Å²) in [6.07, 6.45) is 1.93. The summed E-state index contributed by atoms with van der Waals surface area (Å²) in [7, 11) is 0. The lowest BCUT2D eigenvalue weighted by atomic mass is 10.1. The van der Waals surface area contributed by atoms with Crippen molar-refractivity contribution in [2.24, 2.45) is 0 Å². The SMILES string of the molecule is O=C(NCCCCI)c1c(O)cccc1O. The number of hydrogen-bond donors (Lipinski definition) is 3. The van der Waals surface area contributed by atoms with Gasteiger partial charge in [-0.05, 0) is 29.4 Å². The lowest BCUT2D eigenvalue weighted by Crippen LogP contribution is -2.24. The molecule has 0 aromatic heterocycles. The number of benzene rings is 1. The van der Waals surface area contributed by atoms with Gasteiger partial charge in [0.1, 0.15) is 17.1 Å². The van der Waals surface area contributed by atoms with Gasteiger partial charge in [0, 0.05) is 6.54 Å². The topological polar surface area (TPSA) is 69.6 Å². The molecule has 0 bridgehead atoms. The number of unbranched alkanes of at least 4 members (excludes halogenated alkanes) is 1. The van der Waals surface area contributed by atoms with E-state index < -0.39 is 5.91 Å². The summed E-state index contributed by atoms with van der Waals surface area (Å²) in [4.78, 5) is 11.6. The number of nitrogens with one attached hydrogen (secondary N) is 1. The highest BCUT2D eigenvalue weighted by Crippen LogP contribution is 2.25. The van der Waals surface area contributed by atoms with Gasteiger partial charge in [-0.1, -0.05) is 28.7 Å². The zero-order chi connectivity index (χ0) is 12.0. The zero-order valence-corrected chi connectivity index (χ0v) is 10.9. The number of halogens is 1. The molecule has 0 fully saturated rings. The number of alkyl halides is 1. The molecule has 0 unspecified atom stereocenters. The van der Waals surface area contributed by atoms with Crippen LogP contribution in [-0.4, -0.2) is 27.1 Å². The van der Waals surface area contributed by atoms with Gasteiger partial charge in [-0.25, -0.2) is 0 Å². The van der Waals surface area contributed by atoms with Gasteiger partial charge in [0.15, 0.2) is 0 Å². The molecular formula is C11H14INO3. The Morgan fingerprint density at radius 2 is 1.88 bits per heavy atom. The largest absolute Gasteiger partial charge is 0.507 e. The van der Waals surface area contributed by atoms with Crippen molar-refractivity contribution in [2.75, 3.05) is 11.0 Å². The average Bonchev–Trinajstić information content (AvgIpc) is 2.24. The Kier molecular flexibility index (Phi) is 5.37. The number of carbonyl (C=O) groups excluding carboxylic acids is 1. The number of aromatic hydroxyl groups is 2. The van der Waals surface area contributed by atoms with Gasteiger partial charge >= 0.3 is 0 Å². The lowest BCUT2D eigenvalue weighted by Gasteiger charge is -2.07. The van der Waals surface area contributed by atoms with Crippen molar-refractivity contribution in [2.45, 2.75) is 12.8 Å². The normalized spacial score (nSPS) is 10.1. The van der Waals surface area contributed by atoms with E-state index in [1.54, 1.807) is 0 Å². The van der Waals surface area contributed by atoms with Crippen LogP contribution < -0.4 is 5.32 Å². The van der Waals surface area contributed by atoms with Crippen LogP contribution in [0.2, 0.25) is 0 Å². The van der Waals surface area contributed by atoms with E-state index in [9.17, 15) is 15.0 Å². The zero-order valence-electron chi connectivity index (χ0n) is 8.74. The summed E-state index contributed by atoms with van der Waals surface area (Å²) in [6.45, 7) is 0.551. The van der Waals surface area contributed by atoms with Crippen molar-refractivity contribution in [1.29, 1.82) is 0 Å². The van der Waals surface area contributed by atoms with Gasteiger partial charge in [-0.15, -0.1) is 0 Å². The van der Waals surface area contributed by atoms with E-state index in [0.29, 0.717) is 6.54 Å². The minimum absolute atomic E-state index is 0.0584. The highest BCUT2D eigenvalue weighted by Gasteiger charge is 2.14. The molecule has 0 aliphatic heterocycles. The molecule has 1 aromatic rings. The molecule has 4 nitrogen and oxygen atoms in total. The van der Waals surface area contributed by atoms with Crippen molar-refractivity contribution in [3.63, 3.8) is 0 Å². The second-order valence-electron chi connectivity index (χ2n) is 3.32. The Morgan fingerprint density at radius 3 is 2.44 bits per heavy atom. The summed E-state index contributed by atoms with van der Waals surface area (Å²) in [5, 5.41) is 21.5. The van der Waals surface area contributed by atoms with Crippen LogP contribution >= 0.6 is 22.6 Å². The quantitative estimate of drug-likeness (QED) is 0.438. The highest BCUT2D eigenvalue weighted by molar-refractivity contribution is 14.1. The number of phenols is 2. The van der Waals surface area contributed by atoms with Gasteiger partial charge in [-0.3, -0.25) is 4.79 Å². The van der Waals surface area contributed by atoms with Gasteiger partial charge in [-0.2, -0.15) is 0 Å². The molecule has 88 valence electrons. The van der Waals surface area contributed by atoms with Crippen LogP contribution in [0.5, 0.6) is 11.5 Å². The third-order valence-corrected chi connectivity index (χ3v) is 2.86. The molecule has 16 heavy (non-hydrogen) atoms. The monoisotopic (exact) mass is 335 g/mol. The molecule has 0 aliphatic carbocycles. The predicted molar refractivity (Wildman–Crippen MR) is 70.2 cm³/mol. The van der Waals surface area contributed by atoms with Crippen LogP contribution in [0.3, 0.4) is 0 Å². The van der Waals surface area contributed by atoms with Crippen molar-refractivity contribution in [3.05, 3.63) is 23.8 Å². The van der Waals surface area contributed by atoms with Gasteiger partial charge < -0.3 is 15.5 Å². The molecule has 0 atom stereocenters. The Balaban J connectivity index is 2.59. The van der Waals surface area contributed by atoms with Gasteiger partial charge in [0.25, 0.3) is 5.91 Å². The number of carbonyl (C=O) groups is 1. The number of hydrogen-bond acceptors (Lipinski definition) is 3. The molecule has 3 N–H and O–H groups in total. The Labute approximate surface area is 108 Å². The lowest BCUT2D eigenvalue weighted by molar-refractivity contribution is 0.0947. The minimum atomic E-state index is -0.441. The molecule has 1 rings (SSSR count). The third kappa shape index (κ3) is 3.55. The molecule has 1 aromatic carbocycles. The van der Waals surface area contributed by atoms with Gasteiger partial charge in [0.2, 0.25) is 0 Å². The fourth-order valence-electron chi connectivity index (χ4n) is 1.27. The van der Waals surface area contributed by atoms with Crippen molar-refractivity contribution >= 4 is 28.5 Å². The molecule has 0 aliphatic rings. The van der Waals surface area contributed by atoms with Crippen molar-refractivity contribution in [3.8, 4) is 11.5 Å². The first kappa shape index (κ1) is 13.1. The molecule has 0 heterocycles. The van der Waals surface area contributed by atoms with E-state index >= 15 is 0 Å². The van der Waals surface area contributed by atoms with Crippen LogP contribution in [0.1, 0.15) is 23.2 Å². The molecule has 0 saturated carbocycles. The standard InChI is InChI=1S/C11H14INO3/c12-6-1-2-7-13-11(16)10-8(14)4-3-5-9(10)15/h3-5,14-15H,1-2,6-7H2,(H,13,16). The molecule has 0 spiro atoms. The molecule has 0 radical (unpaired) electrons. The molecular weight excluding hydrogens is 321 g/mol. The Bertz CT molecular complexity index is 348. The fraction of sp³-hybridized carbons (Fsp3) is 0.364. The van der Waals surface area contributed by atoms with Crippen molar-refractivity contribution < 1.29 is 15.0 Å². The maximum atomic E-state index is 11.6. The van der Waals surface area contributed by atoms with Crippen LogP contribution in [0.15, 0.2) is 18.2 Å². The average molecular weight is 335 g/mol. The maximum absolute atomic E-state index is 11.6. The maximum Gasteiger partial charge on any atom is 0.258 e. The van der Waals surface area contributed by atoms with E-state index in [-0.39, 0.29) is 17.1 Å². The van der Waals surface area contributed by atoms with E-state index in [1.807, 2.05) is 0 Å². The van der Waals surface area contributed by atoms with Gasteiger partial charge in [0.05, 0.1) is 0 Å². The van der Waals surface area contributed by atoms with E-state index in [4.69, 9.17) is 0 Å².